The van der Waals surface area contributed by atoms with E-state index in [1.54, 1.807) is 0 Å². The first-order valence-corrected chi connectivity index (χ1v) is 20.5. The molecule has 0 aliphatic rings. The van der Waals surface area contributed by atoms with Crippen LogP contribution < -0.4 is 0 Å². The molecular weight excluding hydrogens is 497 g/mol. The number of rotatable bonds is 6. The second-order valence-corrected chi connectivity index (χ2v) is 25.2. The average Bonchev–Trinajstić information content (AvgIpc) is 2.31. The zero-order valence-corrected chi connectivity index (χ0v) is 18.5. The summed E-state index contributed by atoms with van der Waals surface area (Å²) in [6.45, 7) is 12.6. The first-order chi connectivity index (χ1) is 8.49. The summed E-state index contributed by atoms with van der Waals surface area (Å²) in [4.78, 5) is 4.51. The summed E-state index contributed by atoms with van der Waals surface area (Å²) in [6, 6.07) is 0. The second-order valence-electron chi connectivity index (χ2n) is 3.50. The Morgan fingerprint density at radius 1 is 0.833 bits per heavy atom. The SMILES string of the molecule is CCN(CC)C(=S)[S][Bi]([CH3])[S]C(=S)N(CC)CC. The Balaban J connectivity index is 4.22. The molecule has 0 aromatic rings. The normalized spacial score (nSPS) is 10.6. The van der Waals surface area contributed by atoms with Crippen LogP contribution in [0.3, 0.4) is 0 Å². The molecular formula is C11H23BiN2S4. The molecule has 0 aliphatic heterocycles. The van der Waals surface area contributed by atoms with Crippen molar-refractivity contribution in [3.63, 3.8) is 0 Å². The fraction of sp³-hybridized carbons (Fsp3) is 0.818. The van der Waals surface area contributed by atoms with E-state index in [1.165, 1.54) is 0 Å². The van der Waals surface area contributed by atoms with Gasteiger partial charge in [-0.3, -0.25) is 0 Å². The van der Waals surface area contributed by atoms with E-state index in [2.05, 4.69) is 42.1 Å². The molecule has 0 unspecified atom stereocenters. The summed E-state index contributed by atoms with van der Waals surface area (Å²) in [5, 5.41) is 0. The van der Waals surface area contributed by atoms with Gasteiger partial charge in [0.05, 0.1) is 0 Å². The van der Waals surface area contributed by atoms with E-state index in [4.69, 9.17) is 24.4 Å². The molecule has 0 fully saturated rings. The molecule has 0 aromatic carbocycles. The number of thiocarbonyl (C=S) groups is 2. The van der Waals surface area contributed by atoms with Crippen LogP contribution in [0.1, 0.15) is 27.7 Å². The summed E-state index contributed by atoms with van der Waals surface area (Å²) in [6.07, 6.45) is 0. The molecule has 0 bridgehead atoms. The predicted octanol–water partition coefficient (Wildman–Crippen LogP) is 3.82. The van der Waals surface area contributed by atoms with Gasteiger partial charge in [-0.1, -0.05) is 0 Å². The van der Waals surface area contributed by atoms with Gasteiger partial charge in [0.25, 0.3) is 0 Å². The summed E-state index contributed by atoms with van der Waals surface area (Å²) in [5.74, 6) is 0. The average molecular weight is 521 g/mol. The van der Waals surface area contributed by atoms with Crippen LogP contribution in [-0.2, 0) is 0 Å². The number of hydrogen-bond donors (Lipinski definition) is 0. The summed E-state index contributed by atoms with van der Waals surface area (Å²) < 4.78 is 4.50. The molecule has 0 heterocycles. The Labute approximate surface area is 136 Å². The quantitative estimate of drug-likeness (QED) is 0.385. The monoisotopic (exact) mass is 520 g/mol. The van der Waals surface area contributed by atoms with Crippen LogP contribution in [0.5, 0.6) is 0 Å². The third kappa shape index (κ3) is 7.23. The van der Waals surface area contributed by atoms with Crippen molar-refractivity contribution in [1.82, 2.24) is 9.80 Å². The van der Waals surface area contributed by atoms with Crippen molar-refractivity contribution in [3.8, 4) is 0 Å². The van der Waals surface area contributed by atoms with E-state index in [0.717, 1.165) is 34.8 Å². The van der Waals surface area contributed by atoms with Crippen molar-refractivity contribution in [3.05, 3.63) is 0 Å². The fourth-order valence-electron chi connectivity index (χ4n) is 1.32. The van der Waals surface area contributed by atoms with E-state index >= 15 is 0 Å². The molecule has 0 radical (unpaired) electrons. The molecule has 0 saturated heterocycles. The standard InChI is InChI=1S/2C5H11NS2.CH3.Bi/c2*1-3-6(4-2)5(7)8;;/h2*3-4H2,1-2H3,(H,7,8);1H3;/q;;;+2/p-2. The number of nitrogens with zero attached hydrogens (tertiary/aromatic N) is 2. The third-order valence-electron chi connectivity index (χ3n) is 2.46. The second kappa shape index (κ2) is 11.1. The van der Waals surface area contributed by atoms with Crippen LogP contribution in [0.15, 0.2) is 0 Å². The molecule has 0 saturated carbocycles. The molecule has 0 N–H and O–H groups in total. The van der Waals surface area contributed by atoms with Crippen molar-refractivity contribution >= 4 is 68.9 Å². The van der Waals surface area contributed by atoms with Crippen LogP contribution in [-0.4, -0.2) is 63.4 Å². The van der Waals surface area contributed by atoms with Gasteiger partial charge in [-0.2, -0.15) is 0 Å². The van der Waals surface area contributed by atoms with Crippen molar-refractivity contribution in [2.24, 2.45) is 0 Å². The van der Waals surface area contributed by atoms with Gasteiger partial charge < -0.3 is 0 Å². The Hall–Kier alpha value is 1.36. The van der Waals surface area contributed by atoms with Gasteiger partial charge in [0.15, 0.2) is 0 Å². The maximum absolute atomic E-state index is 5.49. The summed E-state index contributed by atoms with van der Waals surface area (Å²) >= 11 is 9.33. The van der Waals surface area contributed by atoms with Gasteiger partial charge in [-0.25, -0.2) is 0 Å². The Bertz CT molecular complexity index is 242. The topological polar surface area (TPSA) is 6.48 Å². The predicted molar refractivity (Wildman–Crippen MR) is 97.8 cm³/mol. The van der Waals surface area contributed by atoms with Gasteiger partial charge in [0, 0.05) is 0 Å². The molecule has 18 heavy (non-hydrogen) atoms. The van der Waals surface area contributed by atoms with Gasteiger partial charge in [0.1, 0.15) is 0 Å². The molecule has 0 aromatic heterocycles. The van der Waals surface area contributed by atoms with Crippen molar-refractivity contribution < 1.29 is 0 Å². The fourth-order valence-corrected chi connectivity index (χ4v) is 24.4. The minimum atomic E-state index is -1.66. The van der Waals surface area contributed by atoms with Crippen molar-refractivity contribution in [1.29, 1.82) is 0 Å². The summed E-state index contributed by atoms with van der Waals surface area (Å²) in [5.41, 5.74) is 0. The minimum absolute atomic E-state index is 1.01. The van der Waals surface area contributed by atoms with E-state index in [1.807, 2.05) is 17.0 Å². The van der Waals surface area contributed by atoms with Crippen LogP contribution >= 0.6 is 41.5 Å². The van der Waals surface area contributed by atoms with Gasteiger partial charge >= 0.3 is 137 Å². The molecule has 0 aliphatic carbocycles. The Kier molecular flexibility index (Phi) is 11.9. The zero-order chi connectivity index (χ0) is 14.1. The molecule has 2 nitrogen and oxygen atoms in total. The molecule has 0 spiro atoms. The van der Waals surface area contributed by atoms with Gasteiger partial charge in [-0.15, -0.1) is 0 Å². The van der Waals surface area contributed by atoms with Gasteiger partial charge in [-0.05, 0) is 0 Å². The van der Waals surface area contributed by atoms with Gasteiger partial charge in [0.2, 0.25) is 0 Å². The first kappa shape index (κ1) is 19.4. The third-order valence-corrected chi connectivity index (χ3v) is 21.8. The molecule has 106 valence electrons. The zero-order valence-electron chi connectivity index (χ0n) is 11.8. The summed E-state index contributed by atoms with van der Waals surface area (Å²) in [7, 11) is 3.87. The van der Waals surface area contributed by atoms with Crippen LogP contribution in [0.4, 0.5) is 0 Å². The van der Waals surface area contributed by atoms with Crippen LogP contribution in [0, 0.1) is 0 Å². The van der Waals surface area contributed by atoms with Crippen molar-refractivity contribution in [2.45, 2.75) is 32.3 Å². The Morgan fingerprint density at radius 2 is 1.11 bits per heavy atom. The molecule has 0 atom stereocenters. The van der Waals surface area contributed by atoms with E-state index in [9.17, 15) is 0 Å². The van der Waals surface area contributed by atoms with E-state index in [0.29, 0.717) is 0 Å². The Morgan fingerprint density at radius 3 is 1.33 bits per heavy atom. The molecule has 0 rings (SSSR count). The van der Waals surface area contributed by atoms with Crippen LogP contribution in [0.25, 0.3) is 0 Å². The number of hydrogen-bond acceptors (Lipinski definition) is 4. The van der Waals surface area contributed by atoms with E-state index in [-0.39, 0.29) is 0 Å². The maximum atomic E-state index is 5.49. The first-order valence-electron chi connectivity index (χ1n) is 6.17. The molecule has 7 heteroatoms. The molecule has 0 amide bonds. The van der Waals surface area contributed by atoms with E-state index < -0.39 is 18.8 Å². The van der Waals surface area contributed by atoms with Crippen molar-refractivity contribution in [2.75, 3.05) is 26.2 Å². The van der Waals surface area contributed by atoms with Crippen LogP contribution in [0.2, 0.25) is 4.63 Å².